The highest BCUT2D eigenvalue weighted by Crippen LogP contribution is 2.42. The summed E-state index contributed by atoms with van der Waals surface area (Å²) in [5, 5.41) is 4.42. The van der Waals surface area contributed by atoms with Crippen LogP contribution in [0.4, 0.5) is 0 Å². The molecule has 1 atom stereocenters. The first-order valence-corrected chi connectivity index (χ1v) is 8.00. The molecule has 0 aromatic heterocycles. The third-order valence-corrected chi connectivity index (χ3v) is 4.50. The quantitative estimate of drug-likeness (QED) is 0.604. The number of rotatable bonds is 3. The van der Waals surface area contributed by atoms with Crippen LogP contribution < -0.4 is 5.43 Å². The van der Waals surface area contributed by atoms with E-state index in [1.54, 1.807) is 0 Å². The molecule has 0 bridgehead atoms. The molecule has 1 aliphatic rings. The van der Waals surface area contributed by atoms with Crippen molar-refractivity contribution in [1.82, 2.24) is 5.43 Å². The maximum absolute atomic E-state index is 4.42. The molecule has 0 saturated heterocycles. The van der Waals surface area contributed by atoms with E-state index in [9.17, 15) is 0 Å². The summed E-state index contributed by atoms with van der Waals surface area (Å²) >= 11 is 0. The maximum Gasteiger partial charge on any atom is 0.0546 e. The first-order valence-electron chi connectivity index (χ1n) is 8.00. The Kier molecular flexibility index (Phi) is 4.60. The number of hydrazone groups is 1. The highest BCUT2D eigenvalue weighted by molar-refractivity contribution is 5.91. The molecule has 1 unspecified atom stereocenters. The maximum atomic E-state index is 4.42. The van der Waals surface area contributed by atoms with E-state index in [1.807, 2.05) is 6.21 Å². The molecule has 1 aliphatic carbocycles. The van der Waals surface area contributed by atoms with Gasteiger partial charge in [-0.2, -0.15) is 5.10 Å². The molecule has 0 aliphatic heterocycles. The summed E-state index contributed by atoms with van der Waals surface area (Å²) in [7, 11) is 0. The zero-order valence-electron chi connectivity index (χ0n) is 14.9. The summed E-state index contributed by atoms with van der Waals surface area (Å²) in [5.74, 6) is 0.477. The lowest BCUT2D eigenvalue weighted by Gasteiger charge is -2.18. The van der Waals surface area contributed by atoms with Gasteiger partial charge in [0.25, 0.3) is 0 Å². The Morgan fingerprint density at radius 2 is 1.68 bits per heavy atom. The predicted octanol–water partition coefficient (Wildman–Crippen LogP) is 5.17. The van der Waals surface area contributed by atoms with Gasteiger partial charge < -0.3 is 5.43 Å². The van der Waals surface area contributed by atoms with E-state index < -0.39 is 0 Å². The zero-order valence-corrected chi connectivity index (χ0v) is 14.9. The normalized spacial score (nSPS) is 19.5. The van der Waals surface area contributed by atoms with Gasteiger partial charge in [-0.1, -0.05) is 36.8 Å². The van der Waals surface area contributed by atoms with Crippen molar-refractivity contribution in [3.05, 3.63) is 52.1 Å². The van der Waals surface area contributed by atoms with Gasteiger partial charge in [0.15, 0.2) is 0 Å². The average Bonchev–Trinajstić information content (AvgIpc) is 2.63. The van der Waals surface area contributed by atoms with Crippen LogP contribution in [0.15, 0.2) is 46.1 Å². The molecule has 1 N–H and O–H groups in total. The molecule has 2 heteroatoms. The minimum absolute atomic E-state index is 0.0178. The van der Waals surface area contributed by atoms with Crippen LogP contribution in [0, 0.1) is 5.92 Å². The van der Waals surface area contributed by atoms with Crippen LogP contribution in [-0.4, -0.2) is 11.8 Å². The number of hydrogen-bond acceptors (Lipinski definition) is 2. The summed E-state index contributed by atoms with van der Waals surface area (Å²) in [6.07, 6.45) is 1.94. The Labute approximate surface area is 135 Å². The van der Waals surface area contributed by atoms with E-state index >= 15 is 0 Å². The van der Waals surface area contributed by atoms with E-state index in [2.05, 4.69) is 83.3 Å². The molecular weight excluding hydrogens is 268 g/mol. The summed E-state index contributed by atoms with van der Waals surface area (Å²) in [4.78, 5) is 0. The first kappa shape index (κ1) is 16.5. The minimum Gasteiger partial charge on any atom is -0.305 e. The van der Waals surface area contributed by atoms with Gasteiger partial charge in [-0.15, -0.1) is 0 Å². The van der Waals surface area contributed by atoms with E-state index in [0.717, 1.165) is 0 Å². The van der Waals surface area contributed by atoms with Crippen molar-refractivity contribution < 1.29 is 0 Å². The molecule has 0 fully saturated rings. The Morgan fingerprint density at radius 3 is 2.23 bits per heavy atom. The molecule has 2 rings (SSSR count). The smallest absolute Gasteiger partial charge is 0.0546 e. The molecule has 0 spiro atoms. The van der Waals surface area contributed by atoms with Crippen LogP contribution in [0.5, 0.6) is 0 Å². The van der Waals surface area contributed by atoms with Crippen molar-refractivity contribution in [1.29, 1.82) is 0 Å². The second kappa shape index (κ2) is 6.12. The summed E-state index contributed by atoms with van der Waals surface area (Å²) in [6, 6.07) is 8.53. The first-order chi connectivity index (χ1) is 10.2. The Balaban J connectivity index is 2.39. The molecule has 1 aromatic rings. The van der Waals surface area contributed by atoms with Gasteiger partial charge in [-0.3, -0.25) is 0 Å². The highest BCUT2D eigenvalue weighted by Gasteiger charge is 2.25. The number of nitrogens with one attached hydrogen (secondary N) is 1. The van der Waals surface area contributed by atoms with E-state index in [1.165, 1.54) is 33.4 Å². The number of allylic oxidation sites excluding steroid dienone is 4. The zero-order chi connectivity index (χ0) is 16.5. The van der Waals surface area contributed by atoms with Crippen molar-refractivity contribution >= 4 is 11.8 Å². The second-order valence-electron chi connectivity index (χ2n) is 7.28. The van der Waals surface area contributed by atoms with Gasteiger partial charge in [-0.25, -0.2) is 0 Å². The molecule has 0 saturated carbocycles. The van der Waals surface area contributed by atoms with Crippen LogP contribution >= 0.6 is 0 Å². The summed E-state index contributed by atoms with van der Waals surface area (Å²) in [5.41, 5.74) is 11.4. The molecule has 0 amide bonds. The van der Waals surface area contributed by atoms with Crippen molar-refractivity contribution in [3.63, 3.8) is 0 Å². The molecule has 118 valence electrons. The highest BCUT2D eigenvalue weighted by atomic mass is 15.3. The molecule has 0 heterocycles. The Morgan fingerprint density at radius 1 is 1.05 bits per heavy atom. The summed E-state index contributed by atoms with van der Waals surface area (Å²) in [6.45, 7) is 15.3. The van der Waals surface area contributed by atoms with Crippen molar-refractivity contribution in [2.75, 3.05) is 0 Å². The van der Waals surface area contributed by atoms with Crippen LogP contribution in [0.2, 0.25) is 0 Å². The summed E-state index contributed by atoms with van der Waals surface area (Å²) < 4.78 is 0. The average molecular weight is 296 g/mol. The van der Waals surface area contributed by atoms with Gasteiger partial charge in [0.05, 0.1) is 6.21 Å². The monoisotopic (exact) mass is 296 g/mol. The molecule has 1 aromatic carbocycles. The third kappa shape index (κ3) is 3.32. The van der Waals surface area contributed by atoms with Gasteiger partial charge in [0.1, 0.15) is 0 Å². The van der Waals surface area contributed by atoms with E-state index in [0.29, 0.717) is 5.92 Å². The topological polar surface area (TPSA) is 24.4 Å². The van der Waals surface area contributed by atoms with Gasteiger partial charge >= 0.3 is 0 Å². The third-order valence-electron chi connectivity index (χ3n) is 4.50. The van der Waals surface area contributed by atoms with Crippen LogP contribution in [0.25, 0.3) is 5.57 Å². The lowest BCUT2D eigenvalue weighted by molar-refractivity contribution is 0.442. The largest absolute Gasteiger partial charge is 0.305 e. The standard InChI is InChI=1S/C20H28N2/c1-13-14(2)16(4)19(15(13)3)18-11-9-8-10-17(18)12-21-22-20(5,6)7/h8-12,15,22H,1-7H3. The molecule has 0 radical (unpaired) electrons. The van der Waals surface area contributed by atoms with Crippen molar-refractivity contribution in [3.8, 4) is 0 Å². The number of benzene rings is 1. The van der Waals surface area contributed by atoms with Crippen molar-refractivity contribution in [2.24, 2.45) is 11.0 Å². The predicted molar refractivity (Wildman–Crippen MR) is 97.1 cm³/mol. The van der Waals surface area contributed by atoms with Crippen LogP contribution in [0.3, 0.4) is 0 Å². The fourth-order valence-electron chi connectivity index (χ4n) is 2.95. The lowest BCUT2D eigenvalue weighted by Crippen LogP contribution is -2.31. The van der Waals surface area contributed by atoms with Gasteiger partial charge in [-0.05, 0) is 63.8 Å². The minimum atomic E-state index is -0.0178. The molecular formula is C20H28N2. The van der Waals surface area contributed by atoms with Gasteiger partial charge in [0, 0.05) is 17.0 Å². The second-order valence-corrected chi connectivity index (χ2v) is 7.28. The fourth-order valence-corrected chi connectivity index (χ4v) is 2.95. The Hall–Kier alpha value is -1.83. The van der Waals surface area contributed by atoms with Crippen LogP contribution in [-0.2, 0) is 0 Å². The van der Waals surface area contributed by atoms with Crippen LogP contribution in [0.1, 0.15) is 59.6 Å². The lowest BCUT2D eigenvalue weighted by atomic mass is 9.89. The van der Waals surface area contributed by atoms with Gasteiger partial charge in [0.2, 0.25) is 0 Å². The number of nitrogens with zero attached hydrogens (tertiary/aromatic N) is 1. The Bertz CT molecular complexity index is 655. The SMILES string of the molecule is CC1=C(C)C(C)C(c2ccccc2C=NNC(C)(C)C)=C1C. The fraction of sp³-hybridized carbons (Fsp3) is 0.450. The molecule has 2 nitrogen and oxygen atoms in total. The van der Waals surface area contributed by atoms with E-state index in [-0.39, 0.29) is 5.54 Å². The van der Waals surface area contributed by atoms with Crippen molar-refractivity contribution in [2.45, 2.75) is 54.0 Å². The molecule has 22 heavy (non-hydrogen) atoms. The van der Waals surface area contributed by atoms with E-state index in [4.69, 9.17) is 0 Å². The number of hydrogen-bond donors (Lipinski definition) is 1.